The topological polar surface area (TPSA) is 78.1 Å². The molecule has 0 amide bonds. The fourth-order valence-electron chi connectivity index (χ4n) is 2.66. The van der Waals surface area contributed by atoms with E-state index in [9.17, 15) is 4.79 Å². The predicted molar refractivity (Wildman–Crippen MR) is 90.2 cm³/mol. The Bertz CT molecular complexity index is 950. The van der Waals surface area contributed by atoms with Crippen molar-refractivity contribution in [2.45, 2.75) is 27.2 Å². The molecule has 2 heterocycles. The van der Waals surface area contributed by atoms with E-state index < -0.39 is 5.97 Å². The number of rotatable bonds is 3. The summed E-state index contributed by atoms with van der Waals surface area (Å²) in [6, 6.07) is 3.78. The van der Waals surface area contributed by atoms with Crippen LogP contribution in [0.1, 0.15) is 34.2 Å². The minimum atomic E-state index is -0.445. The summed E-state index contributed by atoms with van der Waals surface area (Å²) in [7, 11) is 1.34. The van der Waals surface area contributed by atoms with Crippen LogP contribution in [0.25, 0.3) is 22.4 Å². The van der Waals surface area contributed by atoms with Crippen molar-refractivity contribution in [3.63, 3.8) is 0 Å². The lowest BCUT2D eigenvalue weighted by Crippen LogP contribution is -2.06. The SMILES string of the molecule is CCc1cc(C(=O)OC)c2nc(Cl)c(-c3nc(C)no3)c(C)c2c1. The van der Waals surface area contributed by atoms with Gasteiger partial charge in [0.15, 0.2) is 5.82 Å². The predicted octanol–water partition coefficient (Wildman–Crippen LogP) is 3.90. The Balaban J connectivity index is 2.38. The number of carbonyl (C=O) groups excluding carboxylic acids is 1. The minimum absolute atomic E-state index is 0.207. The number of aryl methyl sites for hydroxylation is 3. The smallest absolute Gasteiger partial charge is 0.340 e. The van der Waals surface area contributed by atoms with Gasteiger partial charge in [-0.1, -0.05) is 23.7 Å². The van der Waals surface area contributed by atoms with Gasteiger partial charge >= 0.3 is 5.97 Å². The molecular weight excluding hydrogens is 330 g/mol. The second-order valence-electron chi connectivity index (χ2n) is 5.43. The molecule has 0 N–H and O–H groups in total. The van der Waals surface area contributed by atoms with Gasteiger partial charge in [0.05, 0.1) is 23.8 Å². The van der Waals surface area contributed by atoms with Crippen molar-refractivity contribution in [3.05, 3.63) is 39.8 Å². The molecule has 0 bridgehead atoms. The highest BCUT2D eigenvalue weighted by Gasteiger charge is 2.22. The first-order valence-corrected chi connectivity index (χ1v) is 7.85. The average Bonchev–Trinajstić information content (AvgIpc) is 2.99. The molecule has 2 aromatic heterocycles. The van der Waals surface area contributed by atoms with E-state index in [4.69, 9.17) is 20.9 Å². The lowest BCUT2D eigenvalue weighted by Gasteiger charge is -2.12. The van der Waals surface area contributed by atoms with Crippen LogP contribution in [-0.4, -0.2) is 28.2 Å². The lowest BCUT2D eigenvalue weighted by atomic mass is 9.98. The number of hydrogen-bond donors (Lipinski definition) is 0. The Morgan fingerprint density at radius 2 is 2.04 bits per heavy atom. The molecule has 0 aliphatic heterocycles. The van der Waals surface area contributed by atoms with Gasteiger partial charge in [-0.15, -0.1) is 0 Å². The van der Waals surface area contributed by atoms with Crippen LogP contribution in [0.3, 0.4) is 0 Å². The number of hydrogen-bond acceptors (Lipinski definition) is 6. The molecule has 0 fully saturated rings. The molecule has 0 atom stereocenters. The third-order valence-corrected chi connectivity index (χ3v) is 4.19. The quantitative estimate of drug-likeness (QED) is 0.529. The summed E-state index contributed by atoms with van der Waals surface area (Å²) < 4.78 is 10.1. The standard InChI is InChI=1S/C17H16ClN3O3/c1-5-10-6-11-8(2)13(16-19-9(3)21-24-16)15(18)20-14(11)12(7-10)17(22)23-4/h6-7H,5H2,1-4H3. The largest absolute Gasteiger partial charge is 0.465 e. The number of carbonyl (C=O) groups is 1. The summed E-state index contributed by atoms with van der Waals surface area (Å²) in [6.07, 6.45) is 0.775. The molecule has 0 spiro atoms. The number of halogens is 1. The fraction of sp³-hybridized carbons (Fsp3) is 0.294. The van der Waals surface area contributed by atoms with Crippen LogP contribution in [0.4, 0.5) is 0 Å². The van der Waals surface area contributed by atoms with Gasteiger partial charge < -0.3 is 9.26 Å². The summed E-state index contributed by atoms with van der Waals surface area (Å²) in [6.45, 7) is 5.64. The first-order chi connectivity index (χ1) is 11.5. The maximum atomic E-state index is 12.1. The number of aromatic nitrogens is 3. The number of methoxy groups -OCH3 is 1. The number of nitrogens with zero attached hydrogens (tertiary/aromatic N) is 3. The molecule has 3 rings (SSSR count). The van der Waals surface area contributed by atoms with E-state index in [2.05, 4.69) is 15.1 Å². The van der Waals surface area contributed by atoms with Crippen LogP contribution in [0.5, 0.6) is 0 Å². The van der Waals surface area contributed by atoms with Gasteiger partial charge in [0.1, 0.15) is 5.15 Å². The van der Waals surface area contributed by atoms with E-state index in [-0.39, 0.29) is 5.15 Å². The third-order valence-electron chi connectivity index (χ3n) is 3.92. The fourth-order valence-corrected chi connectivity index (χ4v) is 2.97. The van der Waals surface area contributed by atoms with Crippen molar-refractivity contribution >= 4 is 28.5 Å². The van der Waals surface area contributed by atoms with E-state index in [1.807, 2.05) is 19.9 Å². The summed E-state index contributed by atoms with van der Waals surface area (Å²) in [5.74, 6) is 0.378. The number of esters is 1. The third kappa shape index (κ3) is 2.63. The number of fused-ring (bicyclic) bond motifs is 1. The van der Waals surface area contributed by atoms with Crippen LogP contribution < -0.4 is 0 Å². The van der Waals surface area contributed by atoms with Crippen molar-refractivity contribution in [3.8, 4) is 11.5 Å². The summed E-state index contributed by atoms with van der Waals surface area (Å²) in [5.41, 5.74) is 3.30. The molecule has 7 heteroatoms. The summed E-state index contributed by atoms with van der Waals surface area (Å²) >= 11 is 6.35. The zero-order chi connectivity index (χ0) is 17.4. The zero-order valence-corrected chi connectivity index (χ0v) is 14.6. The van der Waals surface area contributed by atoms with Crippen LogP contribution in [-0.2, 0) is 11.2 Å². The van der Waals surface area contributed by atoms with Gasteiger partial charge in [-0.25, -0.2) is 9.78 Å². The maximum Gasteiger partial charge on any atom is 0.340 e. The van der Waals surface area contributed by atoms with Crippen molar-refractivity contribution < 1.29 is 14.1 Å². The van der Waals surface area contributed by atoms with Gasteiger partial charge in [-0.05, 0) is 43.5 Å². The molecule has 0 saturated heterocycles. The van der Waals surface area contributed by atoms with E-state index in [0.717, 1.165) is 22.9 Å². The van der Waals surface area contributed by atoms with Crippen LogP contribution in [0, 0.1) is 13.8 Å². The van der Waals surface area contributed by atoms with Crippen LogP contribution >= 0.6 is 11.6 Å². The number of benzene rings is 1. The normalized spacial score (nSPS) is 11.0. The molecule has 0 aliphatic rings. The average molecular weight is 346 g/mol. The van der Waals surface area contributed by atoms with E-state index in [1.165, 1.54) is 7.11 Å². The molecule has 0 unspecified atom stereocenters. The van der Waals surface area contributed by atoms with Crippen molar-refractivity contribution in [2.75, 3.05) is 7.11 Å². The summed E-state index contributed by atoms with van der Waals surface area (Å²) in [5, 5.41) is 4.82. The Morgan fingerprint density at radius 3 is 2.62 bits per heavy atom. The minimum Gasteiger partial charge on any atom is -0.465 e. The highest BCUT2D eigenvalue weighted by Crippen LogP contribution is 2.35. The van der Waals surface area contributed by atoms with Gasteiger partial charge in [0, 0.05) is 5.39 Å². The van der Waals surface area contributed by atoms with Crippen molar-refractivity contribution in [2.24, 2.45) is 0 Å². The lowest BCUT2D eigenvalue weighted by molar-refractivity contribution is 0.0602. The van der Waals surface area contributed by atoms with Gasteiger partial charge in [0.2, 0.25) is 0 Å². The molecule has 0 aliphatic carbocycles. The van der Waals surface area contributed by atoms with Gasteiger partial charge in [0.25, 0.3) is 5.89 Å². The first-order valence-electron chi connectivity index (χ1n) is 7.48. The Labute approximate surface area is 143 Å². The molecule has 24 heavy (non-hydrogen) atoms. The maximum absolute atomic E-state index is 12.1. The molecule has 124 valence electrons. The Kier molecular flexibility index (Phi) is 4.24. The molecule has 0 radical (unpaired) electrons. The molecule has 0 saturated carbocycles. The Hall–Kier alpha value is -2.47. The highest BCUT2D eigenvalue weighted by molar-refractivity contribution is 6.33. The monoisotopic (exact) mass is 345 g/mol. The second kappa shape index (κ2) is 6.20. The molecule has 3 aromatic rings. The second-order valence-corrected chi connectivity index (χ2v) is 5.79. The molecule has 1 aromatic carbocycles. The summed E-state index contributed by atoms with van der Waals surface area (Å²) in [4.78, 5) is 20.8. The zero-order valence-electron chi connectivity index (χ0n) is 13.8. The number of ether oxygens (including phenoxy) is 1. The van der Waals surface area contributed by atoms with Crippen LogP contribution in [0.2, 0.25) is 5.15 Å². The molecule has 6 nitrogen and oxygen atoms in total. The molecular formula is C17H16ClN3O3. The van der Waals surface area contributed by atoms with E-state index in [0.29, 0.717) is 28.4 Å². The Morgan fingerprint density at radius 1 is 1.29 bits per heavy atom. The van der Waals surface area contributed by atoms with E-state index >= 15 is 0 Å². The number of pyridine rings is 1. The van der Waals surface area contributed by atoms with Gasteiger partial charge in [-0.2, -0.15) is 4.98 Å². The highest BCUT2D eigenvalue weighted by atomic mass is 35.5. The van der Waals surface area contributed by atoms with Gasteiger partial charge in [-0.3, -0.25) is 0 Å². The van der Waals surface area contributed by atoms with E-state index in [1.54, 1.807) is 13.0 Å². The first kappa shape index (κ1) is 16.4. The van der Waals surface area contributed by atoms with Crippen molar-refractivity contribution in [1.82, 2.24) is 15.1 Å². The van der Waals surface area contributed by atoms with Crippen LogP contribution in [0.15, 0.2) is 16.7 Å². The van der Waals surface area contributed by atoms with Crippen molar-refractivity contribution in [1.29, 1.82) is 0 Å².